The zero-order valence-electron chi connectivity index (χ0n) is 14.4. The molecular formula is C18H17ClN2O5. The van der Waals surface area contributed by atoms with Crippen LogP contribution in [0.3, 0.4) is 0 Å². The van der Waals surface area contributed by atoms with Gasteiger partial charge >= 0.3 is 5.97 Å². The maximum atomic E-state index is 12.2. The standard InChI is InChI=1S/C18H17ClN2O5/c1-10-6-11(2)8-13(7-10)18(23)26-12(3)17(22)20-16-5-4-14(21(24)25)9-15(16)19/h4-9,12H,1-3H3,(H,20,22). The first-order valence-corrected chi connectivity index (χ1v) is 8.09. The van der Waals surface area contributed by atoms with Crippen LogP contribution in [-0.2, 0) is 9.53 Å². The summed E-state index contributed by atoms with van der Waals surface area (Å²) < 4.78 is 5.18. The third kappa shape index (κ3) is 4.80. The number of nitrogens with one attached hydrogen (secondary N) is 1. The number of carbonyl (C=O) groups excluding carboxylic acids is 2. The molecule has 0 radical (unpaired) electrons. The highest BCUT2D eigenvalue weighted by molar-refractivity contribution is 6.34. The van der Waals surface area contributed by atoms with Gasteiger partial charge in [0.15, 0.2) is 6.10 Å². The molecule has 2 aromatic carbocycles. The van der Waals surface area contributed by atoms with Gasteiger partial charge in [0.25, 0.3) is 11.6 Å². The molecule has 0 bridgehead atoms. The molecule has 0 aliphatic carbocycles. The summed E-state index contributed by atoms with van der Waals surface area (Å²) in [6.45, 7) is 5.14. The van der Waals surface area contributed by atoms with Crippen LogP contribution in [0.1, 0.15) is 28.4 Å². The number of nitro groups is 1. The number of halogens is 1. The Morgan fingerprint density at radius 2 is 1.77 bits per heavy atom. The summed E-state index contributed by atoms with van der Waals surface area (Å²) in [6.07, 6.45) is -1.07. The predicted molar refractivity (Wildman–Crippen MR) is 97.5 cm³/mol. The normalized spacial score (nSPS) is 11.5. The third-order valence-electron chi connectivity index (χ3n) is 3.53. The maximum Gasteiger partial charge on any atom is 0.338 e. The van der Waals surface area contributed by atoms with Crippen LogP contribution >= 0.6 is 11.6 Å². The lowest BCUT2D eigenvalue weighted by molar-refractivity contribution is -0.384. The average molecular weight is 377 g/mol. The second-order valence-electron chi connectivity index (χ2n) is 5.83. The van der Waals surface area contributed by atoms with Crippen LogP contribution in [0.25, 0.3) is 0 Å². The van der Waals surface area contributed by atoms with Crippen LogP contribution in [0.5, 0.6) is 0 Å². The number of nitro benzene ring substituents is 1. The summed E-state index contributed by atoms with van der Waals surface area (Å²) in [4.78, 5) is 34.5. The maximum absolute atomic E-state index is 12.2. The Balaban J connectivity index is 2.05. The molecule has 2 rings (SSSR count). The minimum absolute atomic E-state index is 0.0142. The zero-order chi connectivity index (χ0) is 19.4. The molecule has 26 heavy (non-hydrogen) atoms. The van der Waals surface area contributed by atoms with E-state index in [-0.39, 0.29) is 16.4 Å². The molecule has 2 aromatic rings. The van der Waals surface area contributed by atoms with Crippen molar-refractivity contribution in [2.45, 2.75) is 26.9 Å². The van der Waals surface area contributed by atoms with Crippen LogP contribution in [-0.4, -0.2) is 22.9 Å². The molecule has 1 unspecified atom stereocenters. The summed E-state index contributed by atoms with van der Waals surface area (Å²) in [7, 11) is 0. The molecule has 1 atom stereocenters. The van der Waals surface area contributed by atoms with Gasteiger partial charge in [-0.25, -0.2) is 4.79 Å². The Kier molecular flexibility index (Phi) is 5.94. The molecule has 0 saturated carbocycles. The van der Waals surface area contributed by atoms with Crippen molar-refractivity contribution in [2.24, 2.45) is 0 Å². The number of benzene rings is 2. The fourth-order valence-electron chi connectivity index (χ4n) is 2.33. The number of amides is 1. The monoisotopic (exact) mass is 376 g/mol. The van der Waals surface area contributed by atoms with E-state index in [0.717, 1.165) is 17.2 Å². The molecular weight excluding hydrogens is 360 g/mol. The number of nitrogens with zero attached hydrogens (tertiary/aromatic N) is 1. The Hall–Kier alpha value is -2.93. The van der Waals surface area contributed by atoms with Crippen LogP contribution in [0.15, 0.2) is 36.4 Å². The van der Waals surface area contributed by atoms with Crippen LogP contribution in [0, 0.1) is 24.0 Å². The first kappa shape index (κ1) is 19.4. The summed E-state index contributed by atoms with van der Waals surface area (Å²) >= 11 is 5.93. The van der Waals surface area contributed by atoms with E-state index in [1.54, 1.807) is 12.1 Å². The van der Waals surface area contributed by atoms with Crippen molar-refractivity contribution in [2.75, 3.05) is 5.32 Å². The lowest BCUT2D eigenvalue weighted by atomic mass is 10.1. The highest BCUT2D eigenvalue weighted by Crippen LogP contribution is 2.26. The van der Waals surface area contributed by atoms with Crippen LogP contribution < -0.4 is 5.32 Å². The van der Waals surface area contributed by atoms with E-state index in [9.17, 15) is 19.7 Å². The van der Waals surface area contributed by atoms with Crippen molar-refractivity contribution in [3.63, 3.8) is 0 Å². The van der Waals surface area contributed by atoms with Crippen LogP contribution in [0.2, 0.25) is 5.02 Å². The summed E-state index contributed by atoms with van der Waals surface area (Å²) in [5, 5.41) is 13.2. The zero-order valence-corrected chi connectivity index (χ0v) is 15.2. The Labute approximate surface area is 155 Å². The third-order valence-corrected chi connectivity index (χ3v) is 3.84. The Bertz CT molecular complexity index is 862. The fourth-order valence-corrected chi connectivity index (χ4v) is 2.55. The molecule has 1 amide bonds. The molecule has 136 valence electrons. The lowest BCUT2D eigenvalue weighted by Crippen LogP contribution is -2.30. The van der Waals surface area contributed by atoms with Crippen molar-refractivity contribution in [1.29, 1.82) is 0 Å². The second-order valence-corrected chi connectivity index (χ2v) is 6.24. The van der Waals surface area contributed by atoms with Gasteiger partial charge in [-0.1, -0.05) is 28.8 Å². The summed E-state index contributed by atoms with van der Waals surface area (Å²) in [6, 6.07) is 8.93. The van der Waals surface area contributed by atoms with E-state index in [0.29, 0.717) is 5.56 Å². The van der Waals surface area contributed by atoms with Gasteiger partial charge in [-0.2, -0.15) is 0 Å². The van der Waals surface area contributed by atoms with E-state index in [2.05, 4.69) is 5.32 Å². The smallest absolute Gasteiger partial charge is 0.338 e. The van der Waals surface area contributed by atoms with Gasteiger partial charge in [0.1, 0.15) is 0 Å². The van der Waals surface area contributed by atoms with Gasteiger partial charge in [0.2, 0.25) is 0 Å². The van der Waals surface area contributed by atoms with Gasteiger partial charge in [-0.05, 0) is 39.0 Å². The highest BCUT2D eigenvalue weighted by Gasteiger charge is 2.21. The van der Waals surface area contributed by atoms with E-state index < -0.39 is 22.9 Å². The number of ether oxygens (including phenoxy) is 1. The van der Waals surface area contributed by atoms with E-state index in [1.165, 1.54) is 19.1 Å². The van der Waals surface area contributed by atoms with Gasteiger partial charge < -0.3 is 10.1 Å². The lowest BCUT2D eigenvalue weighted by Gasteiger charge is -2.14. The number of hydrogen-bond donors (Lipinski definition) is 1. The SMILES string of the molecule is Cc1cc(C)cc(C(=O)OC(C)C(=O)Nc2ccc([N+](=O)[O-])cc2Cl)c1. The van der Waals surface area contributed by atoms with E-state index in [1.807, 2.05) is 19.9 Å². The summed E-state index contributed by atoms with van der Waals surface area (Å²) in [5.41, 5.74) is 2.17. The predicted octanol–water partition coefficient (Wildman–Crippen LogP) is 4.05. The minimum atomic E-state index is -1.07. The summed E-state index contributed by atoms with van der Waals surface area (Å²) in [5.74, 6) is -1.22. The van der Waals surface area contributed by atoms with Gasteiger partial charge in [-0.3, -0.25) is 14.9 Å². The van der Waals surface area contributed by atoms with Crippen molar-refractivity contribution in [3.8, 4) is 0 Å². The number of rotatable bonds is 5. The van der Waals surface area contributed by atoms with Crippen molar-refractivity contribution >= 4 is 34.9 Å². The van der Waals surface area contributed by atoms with E-state index in [4.69, 9.17) is 16.3 Å². The molecule has 7 nitrogen and oxygen atoms in total. The largest absolute Gasteiger partial charge is 0.449 e. The molecule has 0 saturated heterocycles. The number of esters is 1. The Morgan fingerprint density at radius 1 is 1.15 bits per heavy atom. The number of anilines is 1. The molecule has 0 aromatic heterocycles. The molecule has 0 aliphatic heterocycles. The number of aryl methyl sites for hydroxylation is 2. The topological polar surface area (TPSA) is 98.5 Å². The fraction of sp³-hybridized carbons (Fsp3) is 0.222. The molecule has 0 fully saturated rings. The molecule has 1 N–H and O–H groups in total. The molecule has 8 heteroatoms. The average Bonchev–Trinajstić information content (AvgIpc) is 2.55. The van der Waals surface area contributed by atoms with Gasteiger partial charge in [-0.15, -0.1) is 0 Å². The van der Waals surface area contributed by atoms with Gasteiger partial charge in [0.05, 0.1) is 21.2 Å². The second kappa shape index (κ2) is 7.97. The quantitative estimate of drug-likeness (QED) is 0.482. The molecule has 0 spiro atoms. The first-order valence-electron chi connectivity index (χ1n) is 7.71. The van der Waals surface area contributed by atoms with Gasteiger partial charge in [0, 0.05) is 12.1 Å². The van der Waals surface area contributed by atoms with E-state index >= 15 is 0 Å². The highest BCUT2D eigenvalue weighted by atomic mass is 35.5. The Morgan fingerprint density at radius 3 is 2.31 bits per heavy atom. The van der Waals surface area contributed by atoms with Crippen molar-refractivity contribution in [3.05, 3.63) is 68.2 Å². The van der Waals surface area contributed by atoms with Crippen molar-refractivity contribution in [1.82, 2.24) is 0 Å². The molecule has 0 aliphatic rings. The number of hydrogen-bond acceptors (Lipinski definition) is 5. The van der Waals surface area contributed by atoms with Crippen molar-refractivity contribution < 1.29 is 19.2 Å². The van der Waals surface area contributed by atoms with Crippen LogP contribution in [0.4, 0.5) is 11.4 Å². The number of non-ortho nitro benzene ring substituents is 1. The first-order chi connectivity index (χ1) is 12.2. The molecule has 0 heterocycles. The minimum Gasteiger partial charge on any atom is -0.449 e. The number of carbonyl (C=O) groups is 2.